The van der Waals surface area contributed by atoms with Gasteiger partial charge in [-0.25, -0.2) is 12.8 Å². The molecule has 3 aromatic rings. The van der Waals surface area contributed by atoms with Crippen molar-refractivity contribution in [1.82, 2.24) is 5.32 Å². The Morgan fingerprint density at radius 1 is 1.03 bits per heavy atom. The third-order valence-corrected chi connectivity index (χ3v) is 7.24. The highest BCUT2D eigenvalue weighted by Gasteiger charge is 2.23. The fourth-order valence-electron chi connectivity index (χ4n) is 3.35. The van der Waals surface area contributed by atoms with Crippen LogP contribution in [0.1, 0.15) is 21.5 Å². The number of aryl methyl sites for hydroxylation is 1. The Balaban J connectivity index is 1.72. The van der Waals surface area contributed by atoms with Gasteiger partial charge in [0, 0.05) is 19.2 Å². The van der Waals surface area contributed by atoms with Gasteiger partial charge in [0.25, 0.3) is 15.9 Å². The average molecular weight is 484 g/mol. The average Bonchev–Trinajstić information content (AvgIpc) is 2.82. The summed E-state index contributed by atoms with van der Waals surface area (Å²) in [6, 6.07) is 18.4. The van der Waals surface area contributed by atoms with Crippen LogP contribution in [-0.2, 0) is 21.2 Å². The minimum atomic E-state index is -3.90. The van der Waals surface area contributed by atoms with Crippen molar-refractivity contribution in [1.29, 1.82) is 0 Å². The molecule has 1 unspecified atom stereocenters. The Labute approximate surface area is 198 Å². The standard InChI is InChI=1S/C25H26FN3O4S/c1-17-6-12-22(13-7-17)29(2)34(32,33)23-5-3-4-19(15-23)25(31)28-16-20(24(27)30)14-18-8-10-21(26)11-9-18/h3-13,15,20H,14,16H2,1-2H3,(H2,27,30)(H,28,31). The molecule has 3 aromatic carbocycles. The fraction of sp³-hybridized carbons (Fsp3) is 0.200. The van der Waals surface area contributed by atoms with Crippen molar-refractivity contribution in [2.24, 2.45) is 11.7 Å². The molecule has 9 heteroatoms. The monoisotopic (exact) mass is 483 g/mol. The van der Waals surface area contributed by atoms with Gasteiger partial charge in [0.2, 0.25) is 5.91 Å². The van der Waals surface area contributed by atoms with Crippen LogP contribution in [0.25, 0.3) is 0 Å². The zero-order chi connectivity index (χ0) is 24.9. The predicted molar refractivity (Wildman–Crippen MR) is 128 cm³/mol. The molecule has 2 amide bonds. The molecule has 0 saturated heterocycles. The molecule has 0 heterocycles. The van der Waals surface area contributed by atoms with Gasteiger partial charge in [0.1, 0.15) is 5.82 Å². The first kappa shape index (κ1) is 24.9. The summed E-state index contributed by atoms with van der Waals surface area (Å²) in [6.45, 7) is 1.86. The minimum absolute atomic E-state index is 0.0408. The first-order chi connectivity index (χ1) is 16.1. The summed E-state index contributed by atoms with van der Waals surface area (Å²) in [7, 11) is -2.46. The van der Waals surface area contributed by atoms with Gasteiger partial charge >= 0.3 is 0 Å². The van der Waals surface area contributed by atoms with Crippen molar-refractivity contribution in [2.75, 3.05) is 17.9 Å². The Morgan fingerprint density at radius 3 is 2.29 bits per heavy atom. The van der Waals surface area contributed by atoms with Gasteiger partial charge in [-0.3, -0.25) is 13.9 Å². The van der Waals surface area contributed by atoms with Gasteiger partial charge in [-0.1, -0.05) is 35.9 Å². The zero-order valence-corrected chi connectivity index (χ0v) is 19.7. The Morgan fingerprint density at radius 2 is 1.68 bits per heavy atom. The van der Waals surface area contributed by atoms with Gasteiger partial charge in [0.15, 0.2) is 0 Å². The number of amides is 2. The lowest BCUT2D eigenvalue weighted by atomic mass is 9.98. The second kappa shape index (κ2) is 10.5. The number of rotatable bonds is 9. The highest BCUT2D eigenvalue weighted by Crippen LogP contribution is 2.23. The quantitative estimate of drug-likeness (QED) is 0.487. The van der Waals surface area contributed by atoms with Crippen LogP contribution in [0.3, 0.4) is 0 Å². The van der Waals surface area contributed by atoms with E-state index in [-0.39, 0.29) is 23.4 Å². The molecular weight excluding hydrogens is 457 g/mol. The number of nitrogens with zero attached hydrogens (tertiary/aromatic N) is 1. The first-order valence-electron chi connectivity index (χ1n) is 10.6. The number of nitrogens with two attached hydrogens (primary N) is 1. The molecular formula is C25H26FN3O4S. The van der Waals surface area contributed by atoms with Crippen molar-refractivity contribution in [2.45, 2.75) is 18.2 Å². The van der Waals surface area contributed by atoms with E-state index in [4.69, 9.17) is 5.73 Å². The van der Waals surface area contributed by atoms with E-state index in [1.165, 1.54) is 43.4 Å². The molecule has 0 fully saturated rings. The van der Waals surface area contributed by atoms with Crippen molar-refractivity contribution in [3.63, 3.8) is 0 Å². The van der Waals surface area contributed by atoms with Gasteiger partial charge in [-0.15, -0.1) is 0 Å². The van der Waals surface area contributed by atoms with E-state index in [2.05, 4.69) is 5.32 Å². The van der Waals surface area contributed by atoms with Crippen molar-refractivity contribution < 1.29 is 22.4 Å². The van der Waals surface area contributed by atoms with Crippen LogP contribution in [0.4, 0.5) is 10.1 Å². The summed E-state index contributed by atoms with van der Waals surface area (Å²) in [5.41, 5.74) is 7.79. The number of carbonyl (C=O) groups excluding carboxylic acids is 2. The summed E-state index contributed by atoms with van der Waals surface area (Å²) >= 11 is 0. The van der Waals surface area contributed by atoms with Crippen LogP contribution in [-0.4, -0.2) is 33.8 Å². The number of hydrogen-bond acceptors (Lipinski definition) is 4. The summed E-state index contributed by atoms with van der Waals surface area (Å²) in [5, 5.41) is 2.64. The molecule has 1 atom stereocenters. The van der Waals surface area contributed by atoms with Crippen LogP contribution in [0.5, 0.6) is 0 Å². The smallest absolute Gasteiger partial charge is 0.264 e. The number of sulfonamides is 1. The molecule has 178 valence electrons. The topological polar surface area (TPSA) is 110 Å². The molecule has 0 radical (unpaired) electrons. The highest BCUT2D eigenvalue weighted by atomic mass is 32.2. The van der Waals surface area contributed by atoms with Gasteiger partial charge in [0.05, 0.1) is 16.5 Å². The highest BCUT2D eigenvalue weighted by molar-refractivity contribution is 7.92. The molecule has 0 saturated carbocycles. The van der Waals surface area contributed by atoms with E-state index < -0.39 is 33.6 Å². The van der Waals surface area contributed by atoms with E-state index in [0.29, 0.717) is 11.3 Å². The van der Waals surface area contributed by atoms with E-state index in [1.807, 2.05) is 19.1 Å². The van der Waals surface area contributed by atoms with E-state index >= 15 is 0 Å². The molecule has 3 rings (SSSR count). The van der Waals surface area contributed by atoms with Crippen LogP contribution < -0.4 is 15.4 Å². The molecule has 0 aliphatic heterocycles. The van der Waals surface area contributed by atoms with E-state index in [0.717, 1.165) is 9.87 Å². The molecule has 0 aromatic heterocycles. The largest absolute Gasteiger partial charge is 0.369 e. The van der Waals surface area contributed by atoms with Crippen LogP contribution in [0, 0.1) is 18.7 Å². The normalized spacial score (nSPS) is 12.1. The maximum Gasteiger partial charge on any atom is 0.264 e. The van der Waals surface area contributed by atoms with Crippen LogP contribution in [0.2, 0.25) is 0 Å². The van der Waals surface area contributed by atoms with Gasteiger partial charge in [-0.05, 0) is 61.4 Å². The molecule has 0 aliphatic carbocycles. The summed E-state index contributed by atoms with van der Waals surface area (Å²) < 4.78 is 40.4. The first-order valence-corrected chi connectivity index (χ1v) is 12.0. The van der Waals surface area contributed by atoms with Gasteiger partial charge < -0.3 is 11.1 Å². The lowest BCUT2D eigenvalue weighted by molar-refractivity contribution is -0.121. The zero-order valence-electron chi connectivity index (χ0n) is 18.9. The molecule has 0 aliphatic rings. The maximum absolute atomic E-state index is 13.1. The Bertz CT molecular complexity index is 1280. The summed E-state index contributed by atoms with van der Waals surface area (Å²) in [4.78, 5) is 24.5. The fourth-order valence-corrected chi connectivity index (χ4v) is 4.59. The lowest BCUT2D eigenvalue weighted by Crippen LogP contribution is -2.37. The number of primary amides is 1. The maximum atomic E-state index is 13.1. The van der Waals surface area contributed by atoms with Crippen molar-refractivity contribution >= 4 is 27.5 Å². The molecule has 0 spiro atoms. The van der Waals surface area contributed by atoms with Crippen LogP contribution >= 0.6 is 0 Å². The van der Waals surface area contributed by atoms with Gasteiger partial charge in [-0.2, -0.15) is 0 Å². The number of halogens is 1. The number of benzene rings is 3. The van der Waals surface area contributed by atoms with Crippen molar-refractivity contribution in [3.8, 4) is 0 Å². The number of carbonyl (C=O) groups is 2. The third-order valence-electron chi connectivity index (χ3n) is 5.46. The second-order valence-electron chi connectivity index (χ2n) is 7.98. The summed E-state index contributed by atoms with van der Waals surface area (Å²) in [5.74, 6) is -2.26. The van der Waals surface area contributed by atoms with Crippen molar-refractivity contribution in [3.05, 3.63) is 95.3 Å². The third kappa shape index (κ3) is 5.99. The Hall–Kier alpha value is -3.72. The Kier molecular flexibility index (Phi) is 7.68. The second-order valence-corrected chi connectivity index (χ2v) is 9.95. The predicted octanol–water partition coefficient (Wildman–Crippen LogP) is 3.03. The van der Waals surface area contributed by atoms with Crippen LogP contribution in [0.15, 0.2) is 77.7 Å². The molecule has 7 nitrogen and oxygen atoms in total. The minimum Gasteiger partial charge on any atom is -0.369 e. The van der Waals surface area contributed by atoms with E-state index in [9.17, 15) is 22.4 Å². The number of nitrogens with one attached hydrogen (secondary N) is 1. The SMILES string of the molecule is Cc1ccc(N(C)S(=O)(=O)c2cccc(C(=O)NCC(Cc3ccc(F)cc3)C(N)=O)c2)cc1. The van der Waals surface area contributed by atoms with E-state index in [1.54, 1.807) is 24.3 Å². The lowest BCUT2D eigenvalue weighted by Gasteiger charge is -2.20. The number of anilines is 1. The molecule has 3 N–H and O–H groups in total. The summed E-state index contributed by atoms with van der Waals surface area (Å²) in [6.07, 6.45) is 0.228. The number of hydrogen-bond donors (Lipinski definition) is 2. The molecule has 0 bridgehead atoms. The molecule has 34 heavy (non-hydrogen) atoms.